The Morgan fingerprint density at radius 2 is 2.12 bits per heavy atom. The van der Waals surface area contributed by atoms with Crippen LogP contribution < -0.4 is 0 Å². The van der Waals surface area contributed by atoms with Crippen LogP contribution in [-0.4, -0.2) is 56.0 Å². The Bertz CT molecular complexity index is 338. The molecule has 1 aromatic heterocycles. The molecule has 1 heterocycles. The molecule has 0 spiro atoms. The summed E-state index contributed by atoms with van der Waals surface area (Å²) < 4.78 is 0. The summed E-state index contributed by atoms with van der Waals surface area (Å²) in [6.07, 6.45) is 0.786. The van der Waals surface area contributed by atoms with Crippen LogP contribution in [0.1, 0.15) is 26.1 Å². The minimum Gasteiger partial charge on any atom is -0.391 e. The average Bonchev–Trinajstić information content (AvgIpc) is 2.62. The fraction of sp³-hybridized carbons (Fsp3) is 0.900. The Kier molecular flexibility index (Phi) is 3.98. The first-order valence-electron chi connectivity index (χ1n) is 5.48. The number of aliphatic hydroxyl groups is 1. The molecule has 0 amide bonds. The van der Waals surface area contributed by atoms with E-state index in [1.165, 1.54) is 4.80 Å². The van der Waals surface area contributed by atoms with Crippen LogP contribution in [-0.2, 0) is 13.5 Å². The van der Waals surface area contributed by atoms with Crippen LogP contribution >= 0.6 is 0 Å². The number of tetrazole rings is 1. The number of aryl methyl sites for hydroxylation is 1. The van der Waals surface area contributed by atoms with E-state index in [1.807, 2.05) is 25.9 Å². The lowest BCUT2D eigenvalue weighted by Gasteiger charge is -2.39. The van der Waals surface area contributed by atoms with Crippen molar-refractivity contribution >= 4 is 0 Å². The molecule has 6 heteroatoms. The van der Waals surface area contributed by atoms with Crippen molar-refractivity contribution in [1.82, 2.24) is 25.1 Å². The van der Waals surface area contributed by atoms with Gasteiger partial charge in [-0.25, -0.2) is 0 Å². The standard InChI is InChI=1S/C10H21N5O/c1-6-10(2,14(3)4)8(16)7-9-11-13-15(5)12-9/h8,16H,6-7H2,1-5H3. The molecule has 0 aromatic carbocycles. The summed E-state index contributed by atoms with van der Waals surface area (Å²) in [6, 6.07) is 0. The molecule has 1 rings (SSSR count). The summed E-state index contributed by atoms with van der Waals surface area (Å²) in [5.74, 6) is 0.580. The second kappa shape index (κ2) is 4.88. The normalized spacial score (nSPS) is 17.4. The molecule has 16 heavy (non-hydrogen) atoms. The van der Waals surface area contributed by atoms with Crippen molar-refractivity contribution in [3.05, 3.63) is 5.82 Å². The second-order valence-electron chi connectivity index (χ2n) is 4.52. The fourth-order valence-corrected chi connectivity index (χ4v) is 1.65. The van der Waals surface area contributed by atoms with E-state index in [9.17, 15) is 5.11 Å². The minimum atomic E-state index is -0.503. The molecule has 1 aromatic rings. The van der Waals surface area contributed by atoms with Gasteiger partial charge in [0.25, 0.3) is 0 Å². The highest BCUT2D eigenvalue weighted by molar-refractivity contribution is 4.94. The number of nitrogens with zero attached hydrogens (tertiary/aromatic N) is 5. The van der Waals surface area contributed by atoms with Gasteiger partial charge in [0.05, 0.1) is 13.2 Å². The van der Waals surface area contributed by atoms with Crippen molar-refractivity contribution < 1.29 is 5.11 Å². The van der Waals surface area contributed by atoms with Gasteiger partial charge in [-0.15, -0.1) is 10.2 Å². The van der Waals surface area contributed by atoms with E-state index in [4.69, 9.17) is 0 Å². The van der Waals surface area contributed by atoms with E-state index in [1.54, 1.807) is 7.05 Å². The number of aliphatic hydroxyl groups excluding tert-OH is 1. The van der Waals surface area contributed by atoms with Crippen LogP contribution in [0.4, 0.5) is 0 Å². The van der Waals surface area contributed by atoms with Crippen LogP contribution in [0, 0.1) is 0 Å². The van der Waals surface area contributed by atoms with Gasteiger partial charge in [0.1, 0.15) is 0 Å². The summed E-state index contributed by atoms with van der Waals surface area (Å²) in [4.78, 5) is 3.44. The number of hydrogen-bond acceptors (Lipinski definition) is 5. The third kappa shape index (κ3) is 2.56. The molecule has 0 aliphatic carbocycles. The zero-order valence-corrected chi connectivity index (χ0v) is 10.7. The van der Waals surface area contributed by atoms with E-state index in [0.29, 0.717) is 12.2 Å². The van der Waals surface area contributed by atoms with Crippen LogP contribution in [0.15, 0.2) is 0 Å². The lowest BCUT2D eigenvalue weighted by molar-refractivity contribution is 0.00186. The molecule has 0 saturated carbocycles. The molecule has 0 aliphatic heterocycles. The summed E-state index contributed by atoms with van der Waals surface area (Å²) in [5.41, 5.74) is -0.265. The van der Waals surface area contributed by atoms with Crippen molar-refractivity contribution in [3.8, 4) is 0 Å². The smallest absolute Gasteiger partial charge is 0.177 e. The van der Waals surface area contributed by atoms with Gasteiger partial charge < -0.3 is 10.0 Å². The summed E-state index contributed by atoms with van der Waals surface area (Å²) >= 11 is 0. The molecule has 1 N–H and O–H groups in total. The van der Waals surface area contributed by atoms with E-state index < -0.39 is 6.10 Å². The summed E-state index contributed by atoms with van der Waals surface area (Å²) in [5, 5.41) is 22.0. The quantitative estimate of drug-likeness (QED) is 0.757. The molecular formula is C10H21N5O. The zero-order valence-electron chi connectivity index (χ0n) is 10.7. The second-order valence-corrected chi connectivity index (χ2v) is 4.52. The summed E-state index contributed by atoms with van der Waals surface area (Å²) in [7, 11) is 5.65. The van der Waals surface area contributed by atoms with Crippen molar-refractivity contribution in [2.45, 2.75) is 38.3 Å². The molecule has 6 nitrogen and oxygen atoms in total. The monoisotopic (exact) mass is 227 g/mol. The average molecular weight is 227 g/mol. The van der Waals surface area contributed by atoms with Gasteiger partial charge in [-0.2, -0.15) is 4.80 Å². The van der Waals surface area contributed by atoms with Gasteiger partial charge in [-0.1, -0.05) is 6.92 Å². The van der Waals surface area contributed by atoms with Gasteiger partial charge >= 0.3 is 0 Å². The maximum absolute atomic E-state index is 10.2. The first-order chi connectivity index (χ1) is 7.40. The van der Waals surface area contributed by atoms with Gasteiger partial charge in [0.15, 0.2) is 5.82 Å². The molecular weight excluding hydrogens is 206 g/mol. The van der Waals surface area contributed by atoms with Crippen molar-refractivity contribution in [1.29, 1.82) is 0 Å². The van der Waals surface area contributed by atoms with Gasteiger partial charge in [0, 0.05) is 12.0 Å². The highest BCUT2D eigenvalue weighted by atomic mass is 16.3. The molecule has 2 unspecified atom stereocenters. The first-order valence-corrected chi connectivity index (χ1v) is 5.48. The SMILES string of the molecule is CCC(C)(C(O)Cc1nnn(C)n1)N(C)C. The molecule has 92 valence electrons. The lowest BCUT2D eigenvalue weighted by atomic mass is 9.88. The van der Waals surface area contributed by atoms with Crippen molar-refractivity contribution in [2.24, 2.45) is 7.05 Å². The van der Waals surface area contributed by atoms with Crippen LogP contribution in [0.5, 0.6) is 0 Å². The zero-order chi connectivity index (χ0) is 12.3. The van der Waals surface area contributed by atoms with Crippen LogP contribution in [0.2, 0.25) is 0 Å². The molecule has 0 radical (unpaired) electrons. The Hall–Kier alpha value is -1.01. The summed E-state index contributed by atoms with van der Waals surface area (Å²) in [6.45, 7) is 4.10. The van der Waals surface area contributed by atoms with E-state index in [0.717, 1.165) is 6.42 Å². The number of hydrogen-bond donors (Lipinski definition) is 1. The highest BCUT2D eigenvalue weighted by Gasteiger charge is 2.34. The van der Waals surface area contributed by atoms with Gasteiger partial charge in [-0.3, -0.25) is 0 Å². The maximum Gasteiger partial charge on any atom is 0.177 e. The number of likely N-dealkylation sites (N-methyl/N-ethyl adjacent to an activating group) is 1. The fourth-order valence-electron chi connectivity index (χ4n) is 1.65. The van der Waals surface area contributed by atoms with E-state index >= 15 is 0 Å². The predicted octanol–water partition coefficient (Wildman–Crippen LogP) is -0.156. The van der Waals surface area contributed by atoms with Crippen molar-refractivity contribution in [3.63, 3.8) is 0 Å². The van der Waals surface area contributed by atoms with Crippen molar-refractivity contribution in [2.75, 3.05) is 14.1 Å². The van der Waals surface area contributed by atoms with Gasteiger partial charge in [-0.05, 0) is 32.7 Å². The Labute approximate surface area is 96.3 Å². The largest absolute Gasteiger partial charge is 0.391 e. The lowest BCUT2D eigenvalue weighted by Crippen LogP contribution is -2.51. The minimum absolute atomic E-state index is 0.265. The van der Waals surface area contributed by atoms with E-state index in [-0.39, 0.29) is 5.54 Å². The number of aromatic nitrogens is 4. The molecule has 0 saturated heterocycles. The van der Waals surface area contributed by atoms with Crippen LogP contribution in [0.3, 0.4) is 0 Å². The van der Waals surface area contributed by atoms with Gasteiger partial charge in [0.2, 0.25) is 0 Å². The predicted molar refractivity (Wildman–Crippen MR) is 60.9 cm³/mol. The Morgan fingerprint density at radius 1 is 1.50 bits per heavy atom. The molecule has 0 bridgehead atoms. The third-order valence-electron chi connectivity index (χ3n) is 3.38. The maximum atomic E-state index is 10.2. The Morgan fingerprint density at radius 3 is 2.50 bits per heavy atom. The molecule has 0 fully saturated rings. The van der Waals surface area contributed by atoms with Crippen LogP contribution in [0.25, 0.3) is 0 Å². The number of rotatable bonds is 5. The van der Waals surface area contributed by atoms with E-state index in [2.05, 4.69) is 22.3 Å². The Balaban J connectivity index is 2.73. The third-order valence-corrected chi connectivity index (χ3v) is 3.38. The highest BCUT2D eigenvalue weighted by Crippen LogP contribution is 2.22. The first kappa shape index (κ1) is 13.1. The molecule has 2 atom stereocenters. The molecule has 0 aliphatic rings. The topological polar surface area (TPSA) is 67.1 Å².